The van der Waals surface area contributed by atoms with Gasteiger partial charge in [0.2, 0.25) is 11.8 Å². The van der Waals surface area contributed by atoms with Crippen LogP contribution in [0, 0.1) is 5.82 Å². The molecule has 0 aromatic heterocycles. The Balaban J connectivity index is 1.45. The highest BCUT2D eigenvalue weighted by Crippen LogP contribution is 2.30. The molecule has 1 N–H and O–H groups in total. The Kier molecular flexibility index (Phi) is 3.90. The van der Waals surface area contributed by atoms with E-state index < -0.39 is 0 Å². The Morgan fingerprint density at radius 2 is 2.19 bits per heavy atom. The van der Waals surface area contributed by atoms with Gasteiger partial charge < -0.3 is 10.2 Å². The monoisotopic (exact) mass is 290 g/mol. The molecule has 1 aliphatic heterocycles. The van der Waals surface area contributed by atoms with Crippen molar-refractivity contribution in [3.05, 3.63) is 35.6 Å². The number of likely N-dealkylation sites (tertiary alicyclic amines) is 1. The number of aryl methyl sites for hydroxylation is 1. The molecule has 1 unspecified atom stereocenters. The first-order valence-corrected chi connectivity index (χ1v) is 7.45. The summed E-state index contributed by atoms with van der Waals surface area (Å²) < 4.78 is 13.0. The SMILES string of the molecule is O=C(CCc1cccc(F)c1)NC1CC(=O)N(C2CC2)C1. The molecular weight excluding hydrogens is 271 g/mol. The van der Waals surface area contributed by atoms with Crippen molar-refractivity contribution in [3.8, 4) is 0 Å². The number of hydrogen-bond donors (Lipinski definition) is 1. The molecule has 2 aliphatic rings. The lowest BCUT2D eigenvalue weighted by Gasteiger charge is -2.16. The third-order valence-corrected chi connectivity index (χ3v) is 4.04. The zero-order chi connectivity index (χ0) is 14.8. The number of carbonyl (C=O) groups is 2. The minimum atomic E-state index is -0.283. The van der Waals surface area contributed by atoms with E-state index >= 15 is 0 Å². The molecule has 3 rings (SSSR count). The Morgan fingerprint density at radius 1 is 1.38 bits per heavy atom. The molecule has 1 saturated heterocycles. The van der Waals surface area contributed by atoms with Crippen molar-refractivity contribution in [2.45, 2.75) is 44.2 Å². The van der Waals surface area contributed by atoms with Gasteiger partial charge in [-0.25, -0.2) is 4.39 Å². The van der Waals surface area contributed by atoms with E-state index in [1.165, 1.54) is 12.1 Å². The molecular formula is C16H19FN2O2. The number of benzene rings is 1. The summed E-state index contributed by atoms with van der Waals surface area (Å²) in [5, 5.41) is 2.91. The average molecular weight is 290 g/mol. The van der Waals surface area contributed by atoms with Crippen LogP contribution in [0.25, 0.3) is 0 Å². The molecule has 1 aromatic carbocycles. The lowest BCUT2D eigenvalue weighted by Crippen LogP contribution is -2.37. The van der Waals surface area contributed by atoms with Gasteiger partial charge in [0, 0.05) is 25.4 Å². The van der Waals surface area contributed by atoms with Crippen molar-refractivity contribution in [1.82, 2.24) is 10.2 Å². The van der Waals surface area contributed by atoms with E-state index in [-0.39, 0.29) is 23.7 Å². The lowest BCUT2D eigenvalue weighted by molar-refractivity contribution is -0.128. The minimum Gasteiger partial charge on any atom is -0.351 e. The maximum Gasteiger partial charge on any atom is 0.225 e. The molecule has 1 saturated carbocycles. The van der Waals surface area contributed by atoms with Crippen LogP contribution in [0.2, 0.25) is 0 Å². The van der Waals surface area contributed by atoms with Gasteiger partial charge in [0.15, 0.2) is 0 Å². The Bertz CT molecular complexity index is 557. The van der Waals surface area contributed by atoms with Crippen molar-refractivity contribution in [2.75, 3.05) is 6.54 Å². The number of hydrogen-bond acceptors (Lipinski definition) is 2. The van der Waals surface area contributed by atoms with Gasteiger partial charge in [-0.1, -0.05) is 12.1 Å². The minimum absolute atomic E-state index is 0.0712. The van der Waals surface area contributed by atoms with Gasteiger partial charge in [-0.3, -0.25) is 9.59 Å². The maximum atomic E-state index is 13.0. The van der Waals surface area contributed by atoms with E-state index in [1.54, 1.807) is 6.07 Å². The molecule has 1 aromatic rings. The number of rotatable bonds is 5. The van der Waals surface area contributed by atoms with Gasteiger partial charge in [-0.2, -0.15) is 0 Å². The first-order valence-electron chi connectivity index (χ1n) is 7.45. The Labute approximate surface area is 123 Å². The third-order valence-electron chi connectivity index (χ3n) is 4.04. The molecule has 2 fully saturated rings. The molecule has 0 bridgehead atoms. The first kappa shape index (κ1) is 14.0. The summed E-state index contributed by atoms with van der Waals surface area (Å²) in [6.07, 6.45) is 3.41. The molecule has 0 spiro atoms. The fourth-order valence-electron chi connectivity index (χ4n) is 2.82. The highest BCUT2D eigenvalue weighted by molar-refractivity contribution is 5.82. The van der Waals surface area contributed by atoms with Crippen LogP contribution in [0.3, 0.4) is 0 Å². The second-order valence-electron chi connectivity index (χ2n) is 5.88. The van der Waals surface area contributed by atoms with Gasteiger partial charge in [-0.15, -0.1) is 0 Å². The zero-order valence-corrected chi connectivity index (χ0v) is 11.8. The molecule has 1 atom stereocenters. The summed E-state index contributed by atoms with van der Waals surface area (Å²) in [7, 11) is 0. The van der Waals surface area contributed by atoms with E-state index in [1.807, 2.05) is 11.0 Å². The molecule has 112 valence electrons. The van der Waals surface area contributed by atoms with Crippen LogP contribution >= 0.6 is 0 Å². The van der Waals surface area contributed by atoms with Crippen molar-refractivity contribution < 1.29 is 14.0 Å². The van der Waals surface area contributed by atoms with Gasteiger partial charge in [0.05, 0.1) is 6.04 Å². The third kappa shape index (κ3) is 3.60. The fraction of sp³-hybridized carbons (Fsp3) is 0.500. The van der Waals surface area contributed by atoms with Crippen LogP contribution in [0.1, 0.15) is 31.2 Å². The molecule has 21 heavy (non-hydrogen) atoms. The van der Waals surface area contributed by atoms with Crippen LogP contribution < -0.4 is 5.32 Å². The van der Waals surface area contributed by atoms with E-state index in [4.69, 9.17) is 0 Å². The second kappa shape index (κ2) is 5.84. The number of carbonyl (C=O) groups excluding carboxylic acids is 2. The lowest BCUT2D eigenvalue weighted by atomic mass is 10.1. The van der Waals surface area contributed by atoms with Gasteiger partial charge in [0.25, 0.3) is 0 Å². The van der Waals surface area contributed by atoms with E-state index in [2.05, 4.69) is 5.32 Å². The van der Waals surface area contributed by atoms with Crippen LogP contribution in [-0.4, -0.2) is 35.3 Å². The predicted molar refractivity (Wildman–Crippen MR) is 76.0 cm³/mol. The smallest absolute Gasteiger partial charge is 0.225 e. The summed E-state index contributed by atoms with van der Waals surface area (Å²) in [6.45, 7) is 0.634. The van der Waals surface area contributed by atoms with Crippen LogP contribution in [0.4, 0.5) is 4.39 Å². The van der Waals surface area contributed by atoms with Gasteiger partial charge >= 0.3 is 0 Å². The number of nitrogens with one attached hydrogen (secondary N) is 1. The zero-order valence-electron chi connectivity index (χ0n) is 11.8. The molecule has 2 amide bonds. The summed E-state index contributed by atoms with van der Waals surface area (Å²) >= 11 is 0. The Morgan fingerprint density at radius 3 is 2.90 bits per heavy atom. The van der Waals surface area contributed by atoms with Crippen LogP contribution in [0.15, 0.2) is 24.3 Å². The molecule has 4 nitrogen and oxygen atoms in total. The quantitative estimate of drug-likeness (QED) is 0.896. The second-order valence-corrected chi connectivity index (χ2v) is 5.88. The molecule has 5 heteroatoms. The summed E-state index contributed by atoms with van der Waals surface area (Å²) in [6, 6.07) is 6.63. The van der Waals surface area contributed by atoms with E-state index in [0.29, 0.717) is 31.8 Å². The fourth-order valence-corrected chi connectivity index (χ4v) is 2.82. The van der Waals surface area contributed by atoms with Crippen molar-refractivity contribution in [3.63, 3.8) is 0 Å². The van der Waals surface area contributed by atoms with Crippen LogP contribution in [0.5, 0.6) is 0 Å². The number of halogens is 1. The first-order chi connectivity index (χ1) is 10.1. The summed E-state index contributed by atoms with van der Waals surface area (Å²) in [5.74, 6) is -0.211. The summed E-state index contributed by atoms with van der Waals surface area (Å²) in [4.78, 5) is 25.6. The van der Waals surface area contributed by atoms with Crippen LogP contribution in [-0.2, 0) is 16.0 Å². The molecule has 1 heterocycles. The van der Waals surface area contributed by atoms with Gasteiger partial charge in [0.1, 0.15) is 5.82 Å². The Hall–Kier alpha value is -1.91. The highest BCUT2D eigenvalue weighted by atomic mass is 19.1. The predicted octanol–water partition coefficient (Wildman–Crippen LogP) is 1.64. The topological polar surface area (TPSA) is 49.4 Å². The molecule has 0 radical (unpaired) electrons. The molecule has 1 aliphatic carbocycles. The van der Waals surface area contributed by atoms with Crippen molar-refractivity contribution >= 4 is 11.8 Å². The normalized spacial score (nSPS) is 21.7. The largest absolute Gasteiger partial charge is 0.351 e. The maximum absolute atomic E-state index is 13.0. The summed E-state index contributed by atoms with van der Waals surface area (Å²) in [5.41, 5.74) is 0.812. The number of amides is 2. The van der Waals surface area contributed by atoms with E-state index in [9.17, 15) is 14.0 Å². The van der Waals surface area contributed by atoms with Gasteiger partial charge in [-0.05, 0) is 37.0 Å². The standard InChI is InChI=1S/C16H19FN2O2/c17-12-3-1-2-11(8-12)4-7-15(20)18-13-9-16(21)19(10-13)14-5-6-14/h1-3,8,13-14H,4-7,9-10H2,(H,18,20). The van der Waals surface area contributed by atoms with Crippen molar-refractivity contribution in [2.24, 2.45) is 0 Å². The van der Waals surface area contributed by atoms with E-state index in [0.717, 1.165) is 18.4 Å². The van der Waals surface area contributed by atoms with Crippen molar-refractivity contribution in [1.29, 1.82) is 0 Å². The highest BCUT2D eigenvalue weighted by Gasteiger charge is 2.39. The average Bonchev–Trinajstić information content (AvgIpc) is 3.21. The number of nitrogens with zero attached hydrogens (tertiary/aromatic N) is 1.